The molecule has 0 radical (unpaired) electrons. The number of benzene rings is 1. The van der Waals surface area contributed by atoms with Gasteiger partial charge in [-0.05, 0) is 62.7 Å². The van der Waals surface area contributed by atoms with Gasteiger partial charge in [0.05, 0.1) is 4.90 Å². The molecule has 3 N–H and O–H groups in total. The minimum atomic E-state index is -4.02. The van der Waals surface area contributed by atoms with E-state index >= 15 is 0 Å². The fourth-order valence-electron chi connectivity index (χ4n) is 3.03. The molecule has 1 aromatic carbocycles. The minimum absolute atomic E-state index is 0.0666. The van der Waals surface area contributed by atoms with Gasteiger partial charge in [0, 0.05) is 6.61 Å². The monoisotopic (exact) mass is 341 g/mol. The van der Waals surface area contributed by atoms with E-state index < -0.39 is 10.1 Å². The first-order valence-corrected chi connectivity index (χ1v) is 9.64. The van der Waals surface area contributed by atoms with Crippen LogP contribution in [0.15, 0.2) is 29.2 Å². The molecule has 1 aliphatic carbocycles. The number of aryl methyl sites for hydroxylation is 1. The molecule has 3 rings (SSSR count). The number of aliphatic hydroxyl groups is 1. The summed E-state index contributed by atoms with van der Waals surface area (Å²) in [4.78, 5) is -0.0666. The Kier molecular flexibility index (Phi) is 6.19. The number of hydrogen-bond acceptors (Lipinski definition) is 4. The first-order valence-electron chi connectivity index (χ1n) is 8.20. The van der Waals surface area contributed by atoms with Crippen LogP contribution in [0.5, 0.6) is 0 Å². The lowest BCUT2D eigenvalue weighted by Crippen LogP contribution is -2.39. The van der Waals surface area contributed by atoms with Crippen LogP contribution in [0.1, 0.15) is 37.7 Å². The van der Waals surface area contributed by atoms with Gasteiger partial charge in [-0.15, -0.1) is 0 Å². The Morgan fingerprint density at radius 2 is 1.74 bits per heavy atom. The highest BCUT2D eigenvalue weighted by Gasteiger charge is 2.37. The molecule has 5 nitrogen and oxygen atoms in total. The van der Waals surface area contributed by atoms with Crippen molar-refractivity contribution in [2.24, 2.45) is 11.3 Å². The van der Waals surface area contributed by atoms with Gasteiger partial charge >= 0.3 is 0 Å². The zero-order valence-corrected chi connectivity index (χ0v) is 14.5. The Morgan fingerprint density at radius 3 is 2.17 bits per heavy atom. The Hall–Kier alpha value is -0.950. The molecule has 0 spiro atoms. The summed E-state index contributed by atoms with van der Waals surface area (Å²) in [5.41, 5.74) is 1.25. The van der Waals surface area contributed by atoms with Gasteiger partial charge in [-0.3, -0.25) is 4.55 Å². The number of aliphatic hydroxyl groups excluding tert-OH is 1. The van der Waals surface area contributed by atoms with Crippen molar-refractivity contribution in [1.29, 1.82) is 0 Å². The lowest BCUT2D eigenvalue weighted by atomic mass is 9.75. The molecule has 0 aromatic heterocycles. The van der Waals surface area contributed by atoms with Crippen LogP contribution in [0.2, 0.25) is 0 Å². The summed E-state index contributed by atoms with van der Waals surface area (Å²) in [6.45, 7) is 4.46. The average molecular weight is 341 g/mol. The molecule has 1 saturated carbocycles. The molecule has 2 aliphatic rings. The van der Waals surface area contributed by atoms with Crippen molar-refractivity contribution < 1.29 is 18.1 Å². The minimum Gasteiger partial charge on any atom is -0.396 e. The van der Waals surface area contributed by atoms with E-state index in [0.717, 1.165) is 24.6 Å². The van der Waals surface area contributed by atoms with Crippen LogP contribution >= 0.6 is 0 Å². The molecule has 0 atom stereocenters. The standard InChI is InChI=1S/C10H19NO.C7H8O3S/c12-8-10(7-9-1-2-9)3-5-11-6-4-10;1-6-2-4-7(5-3-6)11(8,9)10/h9,11-12H,1-8H2;2-5H,1H3,(H,8,9,10). The summed E-state index contributed by atoms with van der Waals surface area (Å²) in [5.74, 6) is 0.954. The van der Waals surface area contributed by atoms with Crippen molar-refractivity contribution in [1.82, 2.24) is 5.32 Å². The molecule has 1 heterocycles. The third-order valence-corrected chi connectivity index (χ3v) is 5.60. The van der Waals surface area contributed by atoms with E-state index in [2.05, 4.69) is 5.32 Å². The number of rotatable bonds is 4. The molecule has 2 fully saturated rings. The van der Waals surface area contributed by atoms with Gasteiger partial charge in [-0.1, -0.05) is 30.5 Å². The van der Waals surface area contributed by atoms with Gasteiger partial charge in [0.15, 0.2) is 0 Å². The lowest BCUT2D eigenvalue weighted by Gasteiger charge is -2.36. The van der Waals surface area contributed by atoms with Crippen LogP contribution in [0.4, 0.5) is 0 Å². The van der Waals surface area contributed by atoms with Gasteiger partial charge in [-0.25, -0.2) is 0 Å². The number of hydrogen-bond donors (Lipinski definition) is 3. The fourth-order valence-corrected chi connectivity index (χ4v) is 3.51. The molecule has 1 aliphatic heterocycles. The highest BCUT2D eigenvalue weighted by atomic mass is 32.2. The molecule has 6 heteroatoms. The van der Waals surface area contributed by atoms with E-state index in [-0.39, 0.29) is 4.90 Å². The second-order valence-corrected chi connectivity index (χ2v) is 8.27. The smallest absolute Gasteiger partial charge is 0.294 e. The van der Waals surface area contributed by atoms with Crippen molar-refractivity contribution in [3.8, 4) is 0 Å². The van der Waals surface area contributed by atoms with Crippen molar-refractivity contribution in [3.63, 3.8) is 0 Å². The highest BCUT2D eigenvalue weighted by molar-refractivity contribution is 7.85. The molecule has 23 heavy (non-hydrogen) atoms. The molecule has 130 valence electrons. The van der Waals surface area contributed by atoms with Crippen LogP contribution < -0.4 is 5.32 Å². The third-order valence-electron chi connectivity index (χ3n) is 4.74. The van der Waals surface area contributed by atoms with E-state index in [4.69, 9.17) is 4.55 Å². The van der Waals surface area contributed by atoms with Gasteiger partial charge in [-0.2, -0.15) is 8.42 Å². The molecule has 0 bridgehead atoms. The molecular weight excluding hydrogens is 314 g/mol. The lowest BCUT2D eigenvalue weighted by molar-refractivity contribution is 0.0746. The second kappa shape index (κ2) is 7.75. The quantitative estimate of drug-likeness (QED) is 0.732. The zero-order valence-electron chi connectivity index (χ0n) is 13.7. The molecule has 1 aromatic rings. The molecule has 1 saturated heterocycles. The van der Waals surface area contributed by atoms with E-state index in [1.807, 2.05) is 6.92 Å². The fraction of sp³-hybridized carbons (Fsp3) is 0.647. The van der Waals surface area contributed by atoms with E-state index in [9.17, 15) is 13.5 Å². The van der Waals surface area contributed by atoms with Crippen LogP contribution in [0, 0.1) is 18.3 Å². The van der Waals surface area contributed by atoms with Crippen LogP contribution in [-0.2, 0) is 10.1 Å². The third kappa shape index (κ3) is 5.88. The first kappa shape index (κ1) is 18.4. The molecule has 0 unspecified atom stereocenters. The Balaban J connectivity index is 0.000000168. The summed E-state index contributed by atoms with van der Waals surface area (Å²) in [6.07, 6.45) is 6.47. The van der Waals surface area contributed by atoms with E-state index in [1.54, 1.807) is 12.1 Å². The van der Waals surface area contributed by atoms with Gasteiger partial charge in [0.1, 0.15) is 0 Å². The predicted molar refractivity (Wildman–Crippen MR) is 90.0 cm³/mol. The first-order chi connectivity index (χ1) is 10.8. The summed E-state index contributed by atoms with van der Waals surface area (Å²) in [6, 6.07) is 5.99. The summed E-state index contributed by atoms with van der Waals surface area (Å²) in [7, 11) is -4.02. The SMILES string of the molecule is Cc1ccc(S(=O)(=O)O)cc1.OCC1(CC2CC2)CCNCC1. The predicted octanol–water partition coefficient (Wildman–Crippen LogP) is 2.39. The van der Waals surface area contributed by atoms with Gasteiger partial charge in [0.25, 0.3) is 10.1 Å². The Morgan fingerprint density at radius 1 is 1.17 bits per heavy atom. The Bertz CT molecular complexity index is 588. The van der Waals surface area contributed by atoms with Crippen molar-refractivity contribution in [3.05, 3.63) is 29.8 Å². The normalized spacial score (nSPS) is 20.5. The van der Waals surface area contributed by atoms with Gasteiger partial charge < -0.3 is 10.4 Å². The molecule has 0 amide bonds. The maximum absolute atomic E-state index is 10.5. The van der Waals surface area contributed by atoms with Crippen LogP contribution in [0.25, 0.3) is 0 Å². The largest absolute Gasteiger partial charge is 0.396 e. The second-order valence-electron chi connectivity index (χ2n) is 6.84. The Labute approximate surface area is 138 Å². The van der Waals surface area contributed by atoms with Gasteiger partial charge in [0.2, 0.25) is 0 Å². The topological polar surface area (TPSA) is 86.6 Å². The van der Waals surface area contributed by atoms with E-state index in [1.165, 1.54) is 44.2 Å². The summed E-state index contributed by atoms with van der Waals surface area (Å²) >= 11 is 0. The van der Waals surface area contributed by atoms with Crippen LogP contribution in [0.3, 0.4) is 0 Å². The summed E-state index contributed by atoms with van der Waals surface area (Å²) in [5, 5.41) is 12.7. The summed E-state index contributed by atoms with van der Waals surface area (Å²) < 4.78 is 29.6. The zero-order chi connectivity index (χ0) is 16.9. The van der Waals surface area contributed by atoms with Crippen molar-refractivity contribution >= 4 is 10.1 Å². The number of piperidine rings is 1. The van der Waals surface area contributed by atoms with Crippen molar-refractivity contribution in [2.75, 3.05) is 19.7 Å². The van der Waals surface area contributed by atoms with Crippen LogP contribution in [-0.4, -0.2) is 37.8 Å². The van der Waals surface area contributed by atoms with E-state index in [0.29, 0.717) is 12.0 Å². The van der Waals surface area contributed by atoms with Crippen molar-refractivity contribution in [2.45, 2.75) is 43.9 Å². The average Bonchev–Trinajstić information content (AvgIpc) is 3.32. The maximum atomic E-state index is 10.5. The number of nitrogens with one attached hydrogen (secondary N) is 1. The maximum Gasteiger partial charge on any atom is 0.294 e. The highest BCUT2D eigenvalue weighted by Crippen LogP contribution is 2.44. The molecular formula is C17H27NO4S.